The molecule has 0 unspecified atom stereocenters. The summed E-state index contributed by atoms with van der Waals surface area (Å²) in [7, 11) is 3.27. The highest BCUT2D eigenvalue weighted by molar-refractivity contribution is 6.05. The van der Waals surface area contributed by atoms with E-state index in [0.717, 1.165) is 16.7 Å². The molecule has 2 aromatic carbocycles. The van der Waals surface area contributed by atoms with E-state index in [4.69, 9.17) is 0 Å². The summed E-state index contributed by atoms with van der Waals surface area (Å²) in [6.45, 7) is 5.61. The average Bonchev–Trinajstić information content (AvgIpc) is 3.19. The lowest BCUT2D eigenvalue weighted by molar-refractivity contribution is -0.129. The number of benzene rings is 2. The van der Waals surface area contributed by atoms with Gasteiger partial charge in [0.05, 0.1) is 17.9 Å². The van der Waals surface area contributed by atoms with Crippen LogP contribution in [0.4, 0.5) is 10.1 Å². The second kappa shape index (κ2) is 9.07. The molecule has 2 amide bonds. The molecule has 0 fully saturated rings. The number of likely N-dealkylation sites (N-methyl/N-ethyl adjacent to an activating group) is 1. The second-order valence-electron chi connectivity index (χ2n) is 7.81. The first-order chi connectivity index (χ1) is 14.7. The number of carbonyl (C=O) groups excluding carboxylic acids is 2. The second-order valence-corrected chi connectivity index (χ2v) is 7.81. The van der Waals surface area contributed by atoms with Gasteiger partial charge in [-0.05, 0) is 44.0 Å². The summed E-state index contributed by atoms with van der Waals surface area (Å²) in [5, 5.41) is 7.84. The van der Waals surface area contributed by atoms with Crippen LogP contribution in [0.5, 0.6) is 0 Å². The van der Waals surface area contributed by atoms with Crippen LogP contribution in [0, 0.1) is 19.7 Å². The van der Waals surface area contributed by atoms with Crippen LogP contribution in [0.3, 0.4) is 0 Å². The Labute approximate surface area is 181 Å². The van der Waals surface area contributed by atoms with Crippen LogP contribution >= 0.6 is 0 Å². The summed E-state index contributed by atoms with van der Waals surface area (Å²) in [4.78, 5) is 28.2. The number of anilines is 1. The van der Waals surface area contributed by atoms with E-state index in [9.17, 15) is 14.0 Å². The topological polar surface area (TPSA) is 71.3 Å². The minimum absolute atomic E-state index is 0.0337. The van der Waals surface area contributed by atoms with Gasteiger partial charge in [0.2, 0.25) is 5.91 Å². The van der Waals surface area contributed by atoms with Crippen LogP contribution in [0.2, 0.25) is 0 Å². The third-order valence-electron chi connectivity index (χ3n) is 5.08. The first kappa shape index (κ1) is 22.1. The maximum atomic E-state index is 14.8. The third-order valence-corrected chi connectivity index (χ3v) is 5.08. The number of nitrogens with zero attached hydrogens (tertiary/aromatic N) is 5. The summed E-state index contributed by atoms with van der Waals surface area (Å²) < 4.78 is 16.1. The summed E-state index contributed by atoms with van der Waals surface area (Å²) in [6, 6.07) is 11.9. The molecule has 0 N–H and O–H groups in total. The summed E-state index contributed by atoms with van der Waals surface area (Å²) >= 11 is 0. The lowest BCUT2D eigenvalue weighted by atomic mass is 10.0. The molecule has 8 heteroatoms. The molecule has 3 aromatic rings. The Morgan fingerprint density at radius 2 is 1.71 bits per heavy atom. The van der Waals surface area contributed by atoms with Crippen molar-refractivity contribution >= 4 is 17.5 Å². The minimum atomic E-state index is -0.506. The van der Waals surface area contributed by atoms with E-state index in [2.05, 4.69) is 10.3 Å². The number of rotatable bonds is 6. The lowest BCUT2D eigenvalue weighted by Gasteiger charge is -2.29. The van der Waals surface area contributed by atoms with Crippen LogP contribution in [0.15, 0.2) is 48.7 Å². The summed E-state index contributed by atoms with van der Waals surface area (Å²) in [6.07, 6.45) is 1.41. The van der Waals surface area contributed by atoms with E-state index >= 15 is 0 Å². The van der Waals surface area contributed by atoms with Crippen molar-refractivity contribution in [3.8, 4) is 0 Å². The Hall–Kier alpha value is -3.55. The van der Waals surface area contributed by atoms with Gasteiger partial charge in [0.25, 0.3) is 5.91 Å². The Balaban J connectivity index is 2.01. The molecule has 1 atom stereocenters. The highest BCUT2D eigenvalue weighted by Gasteiger charge is 2.29. The van der Waals surface area contributed by atoms with Crippen molar-refractivity contribution in [1.82, 2.24) is 19.9 Å². The maximum absolute atomic E-state index is 14.8. The van der Waals surface area contributed by atoms with Crippen molar-refractivity contribution in [2.45, 2.75) is 33.4 Å². The smallest absolute Gasteiger partial charge is 0.281 e. The number of aryl methyl sites for hydroxylation is 2. The van der Waals surface area contributed by atoms with Gasteiger partial charge in [-0.15, -0.1) is 5.10 Å². The third kappa shape index (κ3) is 4.96. The molecule has 162 valence electrons. The van der Waals surface area contributed by atoms with Crippen molar-refractivity contribution in [2.24, 2.45) is 0 Å². The monoisotopic (exact) mass is 423 g/mol. The van der Waals surface area contributed by atoms with Crippen LogP contribution in [-0.2, 0) is 11.3 Å². The predicted molar refractivity (Wildman–Crippen MR) is 116 cm³/mol. The van der Waals surface area contributed by atoms with Crippen molar-refractivity contribution in [3.05, 3.63) is 76.9 Å². The standard InChI is InChI=1S/C23H26FN5O2/c1-15-6-9-18(10-7-15)17(3)29(21-12-16(2)8-11-19(21)24)23(31)20-13-28(26-25-20)14-22(30)27(4)5/h6-13,17H,14H2,1-5H3/t17-/m1/s1. The Kier molecular flexibility index (Phi) is 6.48. The number of hydrogen-bond acceptors (Lipinski definition) is 4. The molecule has 0 bridgehead atoms. The molecule has 31 heavy (non-hydrogen) atoms. The van der Waals surface area contributed by atoms with Crippen molar-refractivity contribution in [1.29, 1.82) is 0 Å². The van der Waals surface area contributed by atoms with Gasteiger partial charge in [0.15, 0.2) is 5.69 Å². The molecule has 0 aliphatic rings. The maximum Gasteiger partial charge on any atom is 0.281 e. The molecule has 7 nitrogen and oxygen atoms in total. The molecule has 1 aromatic heterocycles. The Morgan fingerprint density at radius 1 is 1.06 bits per heavy atom. The van der Waals surface area contributed by atoms with Crippen LogP contribution < -0.4 is 4.90 Å². The van der Waals surface area contributed by atoms with Crippen LogP contribution in [-0.4, -0.2) is 45.8 Å². The van der Waals surface area contributed by atoms with Crippen molar-refractivity contribution < 1.29 is 14.0 Å². The van der Waals surface area contributed by atoms with Gasteiger partial charge in [0.1, 0.15) is 12.4 Å². The highest BCUT2D eigenvalue weighted by Crippen LogP contribution is 2.31. The van der Waals surface area contributed by atoms with Gasteiger partial charge in [-0.25, -0.2) is 9.07 Å². The fraction of sp³-hybridized carbons (Fsp3) is 0.304. The van der Waals surface area contributed by atoms with Crippen molar-refractivity contribution in [3.63, 3.8) is 0 Å². The number of carbonyl (C=O) groups is 2. The normalized spacial score (nSPS) is 11.8. The molecule has 0 radical (unpaired) electrons. The van der Waals surface area contributed by atoms with Gasteiger partial charge in [0, 0.05) is 14.1 Å². The molecule has 3 rings (SSSR count). The largest absolute Gasteiger partial charge is 0.347 e. The summed E-state index contributed by atoms with van der Waals surface area (Å²) in [5.41, 5.74) is 2.97. The zero-order valence-corrected chi connectivity index (χ0v) is 18.3. The molecule has 0 saturated carbocycles. The minimum Gasteiger partial charge on any atom is -0.347 e. The molecular formula is C23H26FN5O2. The summed E-state index contributed by atoms with van der Waals surface area (Å²) in [5.74, 6) is -1.19. The number of halogens is 1. The quantitative estimate of drug-likeness (QED) is 0.608. The molecule has 1 heterocycles. The average molecular weight is 423 g/mol. The molecule has 0 aliphatic heterocycles. The van der Waals surface area contributed by atoms with Crippen molar-refractivity contribution in [2.75, 3.05) is 19.0 Å². The van der Waals surface area contributed by atoms with Gasteiger partial charge in [-0.3, -0.25) is 14.5 Å². The van der Waals surface area contributed by atoms with E-state index in [-0.39, 0.29) is 23.8 Å². The molecule has 0 saturated heterocycles. The SMILES string of the molecule is Cc1ccc([C@@H](C)N(C(=O)c2cn(CC(=O)N(C)C)nn2)c2cc(C)ccc2F)cc1. The Bertz CT molecular complexity index is 1090. The van der Waals surface area contributed by atoms with E-state index < -0.39 is 17.8 Å². The zero-order chi connectivity index (χ0) is 22.7. The first-order valence-corrected chi connectivity index (χ1v) is 9.94. The van der Waals surface area contributed by atoms with E-state index in [1.54, 1.807) is 26.2 Å². The first-order valence-electron chi connectivity index (χ1n) is 9.94. The fourth-order valence-electron chi connectivity index (χ4n) is 3.17. The Morgan fingerprint density at radius 3 is 2.35 bits per heavy atom. The van der Waals surface area contributed by atoms with Gasteiger partial charge < -0.3 is 4.90 Å². The molecular weight excluding hydrogens is 397 g/mol. The lowest BCUT2D eigenvalue weighted by Crippen LogP contribution is -2.34. The molecule has 0 aliphatic carbocycles. The number of amides is 2. The van der Waals surface area contributed by atoms with E-state index in [1.807, 2.05) is 45.0 Å². The highest BCUT2D eigenvalue weighted by atomic mass is 19.1. The predicted octanol–water partition coefficient (Wildman–Crippen LogP) is 3.53. The van der Waals surface area contributed by atoms with Gasteiger partial charge in [-0.1, -0.05) is 41.1 Å². The van der Waals surface area contributed by atoms with E-state index in [1.165, 1.54) is 26.7 Å². The van der Waals surface area contributed by atoms with Gasteiger partial charge >= 0.3 is 0 Å². The van der Waals surface area contributed by atoms with Gasteiger partial charge in [-0.2, -0.15) is 0 Å². The van der Waals surface area contributed by atoms with Crippen LogP contribution in [0.25, 0.3) is 0 Å². The number of hydrogen-bond donors (Lipinski definition) is 0. The number of aromatic nitrogens is 3. The van der Waals surface area contributed by atoms with E-state index in [0.29, 0.717) is 0 Å². The fourth-order valence-corrected chi connectivity index (χ4v) is 3.17. The van der Waals surface area contributed by atoms with Crippen LogP contribution in [0.1, 0.15) is 40.1 Å². The molecule has 0 spiro atoms. The zero-order valence-electron chi connectivity index (χ0n) is 18.3.